The Morgan fingerprint density at radius 2 is 1.84 bits per heavy atom. The molecule has 0 aliphatic rings. The molecule has 1 aromatic heterocycles. The van der Waals surface area contributed by atoms with Gasteiger partial charge in [-0.3, -0.25) is 9.48 Å². The van der Waals surface area contributed by atoms with E-state index in [0.29, 0.717) is 13.0 Å². The Kier molecular flexibility index (Phi) is 5.41. The number of amides is 1. The number of carbonyl (C=O) groups excluding carboxylic acids is 1. The Hall–Kier alpha value is -3.15. The summed E-state index contributed by atoms with van der Waals surface area (Å²) in [7, 11) is 0. The zero-order valence-corrected chi connectivity index (χ0v) is 14.0. The van der Waals surface area contributed by atoms with Gasteiger partial charge in [0.15, 0.2) is 0 Å². The van der Waals surface area contributed by atoms with Gasteiger partial charge in [-0.1, -0.05) is 30.3 Å². The van der Waals surface area contributed by atoms with Crippen LogP contribution in [0.4, 0.5) is 0 Å². The molecule has 6 heteroatoms. The molecule has 0 fully saturated rings. The zero-order chi connectivity index (χ0) is 17.5. The maximum absolute atomic E-state index is 12.0. The summed E-state index contributed by atoms with van der Waals surface area (Å²) in [5.41, 5.74) is 1.02. The molecule has 25 heavy (non-hydrogen) atoms. The standard InChI is InChI=1S/C19H20N4O2/c1-15(22-19(24)11-12-23-14-20-13-21-23)16-7-9-18(10-8-16)25-17-5-3-2-4-6-17/h2-10,13-15H,11-12H2,1H3,(H,22,24)/t15-/m1/s1. The van der Waals surface area contributed by atoms with Crippen molar-refractivity contribution >= 4 is 5.91 Å². The van der Waals surface area contributed by atoms with Crippen molar-refractivity contribution in [1.82, 2.24) is 20.1 Å². The van der Waals surface area contributed by atoms with E-state index in [1.165, 1.54) is 6.33 Å². The zero-order valence-electron chi connectivity index (χ0n) is 14.0. The number of aryl methyl sites for hydroxylation is 1. The van der Waals surface area contributed by atoms with Gasteiger partial charge < -0.3 is 10.1 Å². The van der Waals surface area contributed by atoms with Crippen LogP contribution in [0.25, 0.3) is 0 Å². The summed E-state index contributed by atoms with van der Waals surface area (Å²) in [6.07, 6.45) is 3.42. The Labute approximate surface area is 146 Å². The molecule has 3 rings (SSSR count). The SMILES string of the molecule is C[C@@H](NC(=O)CCn1cncn1)c1ccc(Oc2ccccc2)cc1. The highest BCUT2D eigenvalue weighted by atomic mass is 16.5. The molecule has 1 amide bonds. The van der Waals surface area contributed by atoms with Crippen LogP contribution in [0.15, 0.2) is 67.3 Å². The van der Waals surface area contributed by atoms with Crippen molar-refractivity contribution in [3.8, 4) is 11.5 Å². The van der Waals surface area contributed by atoms with Gasteiger partial charge in [-0.15, -0.1) is 0 Å². The molecule has 3 aromatic rings. The fourth-order valence-corrected chi connectivity index (χ4v) is 2.41. The third-order valence-corrected chi connectivity index (χ3v) is 3.77. The van der Waals surface area contributed by atoms with Crippen LogP contribution in [-0.4, -0.2) is 20.7 Å². The average molecular weight is 336 g/mol. The van der Waals surface area contributed by atoms with Crippen LogP contribution in [0.3, 0.4) is 0 Å². The molecule has 0 spiro atoms. The highest BCUT2D eigenvalue weighted by Crippen LogP contribution is 2.23. The largest absolute Gasteiger partial charge is 0.457 e. The van der Waals surface area contributed by atoms with Gasteiger partial charge in [0.1, 0.15) is 24.2 Å². The van der Waals surface area contributed by atoms with Crippen molar-refractivity contribution in [3.63, 3.8) is 0 Å². The van der Waals surface area contributed by atoms with Crippen molar-refractivity contribution < 1.29 is 9.53 Å². The molecule has 0 saturated carbocycles. The van der Waals surface area contributed by atoms with E-state index in [1.54, 1.807) is 11.0 Å². The summed E-state index contributed by atoms with van der Waals surface area (Å²) in [5.74, 6) is 1.54. The van der Waals surface area contributed by atoms with E-state index in [-0.39, 0.29) is 11.9 Å². The van der Waals surface area contributed by atoms with Gasteiger partial charge in [-0.2, -0.15) is 5.10 Å². The fraction of sp³-hybridized carbons (Fsp3) is 0.211. The summed E-state index contributed by atoms with van der Waals surface area (Å²) in [4.78, 5) is 15.9. The van der Waals surface area contributed by atoms with Gasteiger partial charge in [0, 0.05) is 6.42 Å². The topological polar surface area (TPSA) is 69.0 Å². The molecule has 0 bridgehead atoms. The Morgan fingerprint density at radius 1 is 1.12 bits per heavy atom. The van der Waals surface area contributed by atoms with Gasteiger partial charge in [-0.05, 0) is 36.8 Å². The lowest BCUT2D eigenvalue weighted by atomic mass is 10.1. The Bertz CT molecular complexity index is 786. The molecule has 128 valence electrons. The van der Waals surface area contributed by atoms with Crippen LogP contribution < -0.4 is 10.1 Å². The van der Waals surface area contributed by atoms with Crippen molar-refractivity contribution in [2.75, 3.05) is 0 Å². The highest BCUT2D eigenvalue weighted by molar-refractivity contribution is 5.76. The van der Waals surface area contributed by atoms with Crippen LogP contribution in [0.5, 0.6) is 11.5 Å². The molecule has 1 heterocycles. The maximum atomic E-state index is 12.0. The van der Waals surface area contributed by atoms with E-state index < -0.39 is 0 Å². The quantitative estimate of drug-likeness (QED) is 0.718. The smallest absolute Gasteiger partial charge is 0.222 e. The summed E-state index contributed by atoms with van der Waals surface area (Å²) < 4.78 is 7.41. The number of hydrogen-bond acceptors (Lipinski definition) is 4. The minimum Gasteiger partial charge on any atom is -0.457 e. The van der Waals surface area contributed by atoms with Crippen LogP contribution in [-0.2, 0) is 11.3 Å². The van der Waals surface area contributed by atoms with Gasteiger partial charge in [0.05, 0.1) is 12.6 Å². The third-order valence-electron chi connectivity index (χ3n) is 3.77. The third kappa shape index (κ3) is 4.91. The molecule has 0 radical (unpaired) electrons. The first-order valence-electron chi connectivity index (χ1n) is 8.15. The monoisotopic (exact) mass is 336 g/mol. The van der Waals surface area contributed by atoms with Crippen LogP contribution >= 0.6 is 0 Å². The van der Waals surface area contributed by atoms with E-state index in [4.69, 9.17) is 4.74 Å². The molecule has 1 N–H and O–H groups in total. The molecule has 2 aromatic carbocycles. The second kappa shape index (κ2) is 8.10. The first-order chi connectivity index (χ1) is 12.2. The van der Waals surface area contributed by atoms with Gasteiger partial charge in [0.2, 0.25) is 5.91 Å². The minimum absolute atomic E-state index is 0.0207. The molecule has 0 unspecified atom stereocenters. The summed E-state index contributed by atoms with van der Waals surface area (Å²) >= 11 is 0. The molecule has 0 aliphatic heterocycles. The number of nitrogens with one attached hydrogen (secondary N) is 1. The first-order valence-corrected chi connectivity index (χ1v) is 8.15. The average Bonchev–Trinajstić information content (AvgIpc) is 3.15. The Balaban J connectivity index is 1.51. The number of hydrogen-bond donors (Lipinski definition) is 1. The number of rotatable bonds is 7. The predicted molar refractivity (Wildman–Crippen MR) is 94.2 cm³/mol. The highest BCUT2D eigenvalue weighted by Gasteiger charge is 2.10. The molecule has 0 saturated heterocycles. The predicted octanol–water partition coefficient (Wildman–Crippen LogP) is 3.34. The molecular formula is C19H20N4O2. The Morgan fingerprint density at radius 3 is 2.52 bits per heavy atom. The minimum atomic E-state index is -0.0750. The number of carbonyl (C=O) groups is 1. The number of nitrogens with zero attached hydrogens (tertiary/aromatic N) is 3. The van der Waals surface area contributed by atoms with Crippen molar-refractivity contribution in [2.24, 2.45) is 0 Å². The number of aromatic nitrogens is 3. The van der Waals surface area contributed by atoms with E-state index >= 15 is 0 Å². The van der Waals surface area contributed by atoms with Crippen molar-refractivity contribution in [3.05, 3.63) is 72.8 Å². The number of para-hydroxylation sites is 1. The molecule has 1 atom stereocenters. The van der Waals surface area contributed by atoms with Gasteiger partial charge >= 0.3 is 0 Å². The number of benzene rings is 2. The van der Waals surface area contributed by atoms with Crippen molar-refractivity contribution in [1.29, 1.82) is 0 Å². The van der Waals surface area contributed by atoms with Crippen LogP contribution in [0.2, 0.25) is 0 Å². The summed E-state index contributed by atoms with van der Waals surface area (Å²) in [5, 5.41) is 6.97. The summed E-state index contributed by atoms with van der Waals surface area (Å²) in [6, 6.07) is 17.3. The lowest BCUT2D eigenvalue weighted by molar-refractivity contribution is -0.122. The van der Waals surface area contributed by atoms with Crippen LogP contribution in [0, 0.1) is 0 Å². The van der Waals surface area contributed by atoms with E-state index in [1.807, 2.05) is 61.5 Å². The number of ether oxygens (including phenoxy) is 1. The fourth-order valence-electron chi connectivity index (χ4n) is 2.41. The second-order valence-electron chi connectivity index (χ2n) is 5.68. The van der Waals surface area contributed by atoms with Crippen LogP contribution in [0.1, 0.15) is 24.9 Å². The van der Waals surface area contributed by atoms with Gasteiger partial charge in [-0.25, -0.2) is 4.98 Å². The lowest BCUT2D eigenvalue weighted by Gasteiger charge is -2.15. The molecule has 6 nitrogen and oxygen atoms in total. The van der Waals surface area contributed by atoms with Gasteiger partial charge in [0.25, 0.3) is 0 Å². The normalized spacial score (nSPS) is 11.7. The lowest BCUT2D eigenvalue weighted by Crippen LogP contribution is -2.27. The molecule has 0 aliphatic carbocycles. The van der Waals surface area contributed by atoms with Crippen molar-refractivity contribution in [2.45, 2.75) is 25.9 Å². The van der Waals surface area contributed by atoms with E-state index in [9.17, 15) is 4.79 Å². The summed E-state index contributed by atoms with van der Waals surface area (Å²) in [6.45, 7) is 2.48. The van der Waals surface area contributed by atoms with E-state index in [0.717, 1.165) is 17.1 Å². The first kappa shape index (κ1) is 16.7. The molecular weight excluding hydrogens is 316 g/mol. The second-order valence-corrected chi connectivity index (χ2v) is 5.68. The van der Waals surface area contributed by atoms with E-state index in [2.05, 4.69) is 15.4 Å². The maximum Gasteiger partial charge on any atom is 0.222 e.